The van der Waals surface area contributed by atoms with Crippen molar-refractivity contribution < 1.29 is 9.47 Å². The summed E-state index contributed by atoms with van der Waals surface area (Å²) < 4.78 is 12.8. The summed E-state index contributed by atoms with van der Waals surface area (Å²) in [6, 6.07) is 13.6. The van der Waals surface area contributed by atoms with Crippen LogP contribution in [0.5, 0.6) is 11.5 Å². The maximum atomic E-state index is 12.9. The highest BCUT2D eigenvalue weighted by atomic mass is 32.1. The third-order valence-electron chi connectivity index (χ3n) is 4.57. The number of hydrogen-bond acceptors (Lipinski definition) is 6. The summed E-state index contributed by atoms with van der Waals surface area (Å²) in [6.07, 6.45) is 1.53. The van der Waals surface area contributed by atoms with Gasteiger partial charge in [-0.1, -0.05) is 56.7 Å². The number of aryl methyl sites for hydroxylation is 1. The molecule has 2 aromatic carbocycles. The number of aromatic nitrogens is 3. The molecule has 0 radical (unpaired) electrons. The highest BCUT2D eigenvalue weighted by Crippen LogP contribution is 2.31. The van der Waals surface area contributed by atoms with Gasteiger partial charge in [0.1, 0.15) is 12.3 Å². The first-order valence-electron chi connectivity index (χ1n) is 9.82. The lowest BCUT2D eigenvalue weighted by molar-refractivity contribution is 0.284. The van der Waals surface area contributed by atoms with E-state index in [1.807, 2.05) is 64.1 Å². The lowest BCUT2D eigenvalue weighted by Gasteiger charge is -2.16. The zero-order valence-corrected chi connectivity index (χ0v) is 19.1. The van der Waals surface area contributed by atoms with Crippen molar-refractivity contribution in [2.75, 3.05) is 7.11 Å². The van der Waals surface area contributed by atoms with Crippen LogP contribution in [-0.4, -0.2) is 28.2 Å². The van der Waals surface area contributed by atoms with Gasteiger partial charge in [0.05, 0.1) is 13.3 Å². The molecule has 1 heterocycles. The van der Waals surface area contributed by atoms with Crippen LogP contribution in [0.3, 0.4) is 0 Å². The van der Waals surface area contributed by atoms with Crippen LogP contribution in [0.1, 0.15) is 43.2 Å². The van der Waals surface area contributed by atoms with Gasteiger partial charge >= 0.3 is 0 Å². The molecule has 0 aliphatic carbocycles. The molecule has 3 aromatic rings. The van der Waals surface area contributed by atoms with Crippen LogP contribution in [0.15, 0.2) is 52.4 Å². The average Bonchev–Trinajstić information content (AvgIpc) is 2.71. The Labute approximate surface area is 186 Å². The number of nitrogens with one attached hydrogen (secondary N) is 1. The number of hydrogen-bond donors (Lipinski definition) is 1. The molecule has 0 spiro atoms. The summed E-state index contributed by atoms with van der Waals surface area (Å²) in [5, 5.41) is 11.1. The Morgan fingerprint density at radius 3 is 2.65 bits per heavy atom. The van der Waals surface area contributed by atoms with E-state index in [0.717, 1.165) is 15.8 Å². The maximum absolute atomic E-state index is 12.9. The molecular formula is C23H26N4O3S. The molecule has 1 aromatic heterocycles. The molecular weight excluding hydrogens is 412 g/mol. The number of nitrogens with zero attached hydrogens (tertiary/aromatic N) is 3. The van der Waals surface area contributed by atoms with E-state index in [4.69, 9.17) is 21.7 Å². The van der Waals surface area contributed by atoms with Crippen molar-refractivity contribution in [2.24, 2.45) is 5.10 Å². The fraction of sp³-hybridized carbons (Fsp3) is 0.304. The van der Waals surface area contributed by atoms with Gasteiger partial charge in [0.25, 0.3) is 5.56 Å². The Morgan fingerprint density at radius 1 is 1.23 bits per heavy atom. The summed E-state index contributed by atoms with van der Waals surface area (Å²) in [5.74, 6) is 1.10. The topological polar surface area (TPSA) is 81.5 Å². The van der Waals surface area contributed by atoms with Crippen LogP contribution >= 0.6 is 12.2 Å². The molecule has 0 aliphatic heterocycles. The van der Waals surface area contributed by atoms with Gasteiger partial charge in [-0.15, -0.1) is 0 Å². The molecule has 0 aliphatic rings. The lowest BCUT2D eigenvalue weighted by atomic mass is 9.93. The van der Waals surface area contributed by atoms with Crippen molar-refractivity contribution in [2.45, 2.75) is 39.7 Å². The predicted octanol–water partition coefficient (Wildman–Crippen LogP) is 4.38. The smallest absolute Gasteiger partial charge is 0.297 e. The molecule has 0 amide bonds. The van der Waals surface area contributed by atoms with Crippen molar-refractivity contribution in [3.8, 4) is 11.5 Å². The molecule has 0 unspecified atom stereocenters. The Hall–Kier alpha value is -3.26. The van der Waals surface area contributed by atoms with Crippen LogP contribution < -0.4 is 15.0 Å². The molecule has 1 N–H and O–H groups in total. The van der Waals surface area contributed by atoms with Crippen LogP contribution in [0.4, 0.5) is 0 Å². The summed E-state index contributed by atoms with van der Waals surface area (Å²) in [6.45, 7) is 8.11. The van der Waals surface area contributed by atoms with E-state index >= 15 is 0 Å². The second-order valence-electron chi connectivity index (χ2n) is 8.15. The molecule has 0 saturated carbocycles. The van der Waals surface area contributed by atoms with Gasteiger partial charge in [-0.2, -0.15) is 14.9 Å². The second-order valence-corrected chi connectivity index (χ2v) is 8.53. The summed E-state index contributed by atoms with van der Waals surface area (Å²) >= 11 is 5.22. The highest BCUT2D eigenvalue weighted by Gasteiger charge is 2.21. The van der Waals surface area contributed by atoms with E-state index < -0.39 is 5.41 Å². The van der Waals surface area contributed by atoms with Gasteiger partial charge in [0, 0.05) is 11.0 Å². The van der Waals surface area contributed by atoms with Gasteiger partial charge in [-0.05, 0) is 36.8 Å². The summed E-state index contributed by atoms with van der Waals surface area (Å²) in [7, 11) is 1.58. The third kappa shape index (κ3) is 5.27. The monoisotopic (exact) mass is 438 g/mol. The number of H-pyrrole nitrogens is 1. The first-order valence-corrected chi connectivity index (χ1v) is 10.2. The minimum absolute atomic E-state index is 0.111. The number of aromatic amines is 1. The molecule has 0 atom stereocenters. The minimum atomic E-state index is -0.452. The standard InChI is InChI=1S/C23H26N4O3S/c1-15-8-6-9-16(12-15)14-30-19-17(10-7-11-18(19)29-5)13-24-27-21(28)20(23(2,3)4)25-26-22(27)31/h6-13H,14H2,1-5H3,(H,26,31)/b24-13-. The van der Waals surface area contributed by atoms with Gasteiger partial charge < -0.3 is 9.47 Å². The lowest BCUT2D eigenvalue weighted by Crippen LogP contribution is -2.32. The number of rotatable bonds is 6. The van der Waals surface area contributed by atoms with Gasteiger partial charge in [-0.25, -0.2) is 0 Å². The minimum Gasteiger partial charge on any atom is -0.493 e. The molecule has 8 heteroatoms. The van der Waals surface area contributed by atoms with Gasteiger partial charge in [0.15, 0.2) is 11.5 Å². The SMILES string of the molecule is COc1cccc(/C=N\n2c(=S)[nH]nc(C(C)(C)C)c2=O)c1OCc1cccc(C)c1. The molecule has 31 heavy (non-hydrogen) atoms. The number of benzene rings is 2. The third-order valence-corrected chi connectivity index (χ3v) is 4.83. The largest absolute Gasteiger partial charge is 0.493 e. The van der Waals surface area contributed by atoms with Crippen molar-refractivity contribution in [1.82, 2.24) is 14.9 Å². The van der Waals surface area contributed by atoms with Crippen LogP contribution in [0.25, 0.3) is 0 Å². The zero-order valence-electron chi connectivity index (χ0n) is 18.3. The van der Waals surface area contributed by atoms with Crippen LogP contribution in [0, 0.1) is 11.7 Å². The van der Waals surface area contributed by atoms with Crippen molar-refractivity contribution in [3.63, 3.8) is 0 Å². The predicted molar refractivity (Wildman–Crippen MR) is 124 cm³/mol. The molecule has 3 rings (SSSR count). The van der Waals surface area contributed by atoms with Crippen molar-refractivity contribution in [3.05, 3.63) is 80.0 Å². The van der Waals surface area contributed by atoms with E-state index in [1.54, 1.807) is 7.11 Å². The summed E-state index contributed by atoms with van der Waals surface area (Å²) in [5.41, 5.74) is 2.38. The van der Waals surface area contributed by atoms with Gasteiger partial charge in [0.2, 0.25) is 4.77 Å². The van der Waals surface area contributed by atoms with E-state index in [9.17, 15) is 4.79 Å². The Morgan fingerprint density at radius 2 is 1.97 bits per heavy atom. The second kappa shape index (κ2) is 9.26. The fourth-order valence-electron chi connectivity index (χ4n) is 3.01. The molecule has 0 saturated heterocycles. The number of para-hydroxylation sites is 1. The van der Waals surface area contributed by atoms with Crippen LogP contribution in [-0.2, 0) is 12.0 Å². The van der Waals surface area contributed by atoms with E-state index in [-0.39, 0.29) is 10.3 Å². The quantitative estimate of drug-likeness (QED) is 0.456. The first kappa shape index (κ1) is 22.4. The number of methoxy groups -OCH3 is 1. The highest BCUT2D eigenvalue weighted by molar-refractivity contribution is 7.71. The molecule has 162 valence electrons. The van der Waals surface area contributed by atoms with Crippen molar-refractivity contribution >= 4 is 18.4 Å². The van der Waals surface area contributed by atoms with E-state index in [2.05, 4.69) is 21.4 Å². The maximum Gasteiger partial charge on any atom is 0.297 e. The van der Waals surface area contributed by atoms with E-state index in [1.165, 1.54) is 6.21 Å². The van der Waals surface area contributed by atoms with Crippen molar-refractivity contribution in [1.29, 1.82) is 0 Å². The average molecular weight is 439 g/mol. The molecule has 0 fully saturated rings. The Balaban J connectivity index is 1.98. The Kier molecular flexibility index (Phi) is 6.70. The Bertz CT molecular complexity index is 1220. The van der Waals surface area contributed by atoms with E-state index in [0.29, 0.717) is 29.4 Å². The first-order chi connectivity index (χ1) is 14.7. The molecule has 0 bridgehead atoms. The van der Waals surface area contributed by atoms with Crippen LogP contribution in [0.2, 0.25) is 0 Å². The summed E-state index contributed by atoms with van der Waals surface area (Å²) in [4.78, 5) is 12.9. The number of ether oxygens (including phenoxy) is 2. The zero-order chi connectivity index (χ0) is 22.6. The molecule has 7 nitrogen and oxygen atoms in total. The fourth-order valence-corrected chi connectivity index (χ4v) is 3.19. The normalized spacial score (nSPS) is 11.6. The van der Waals surface area contributed by atoms with Gasteiger partial charge in [-0.3, -0.25) is 9.89 Å².